The molecule has 5 heteroatoms. The largest absolute Gasteiger partial charge is 0.493 e. The minimum atomic E-state index is 0.0622. The maximum atomic E-state index is 13.1. The van der Waals surface area contributed by atoms with E-state index in [1.807, 2.05) is 38.7 Å². The number of ether oxygens (including phenoxy) is 1. The third-order valence-corrected chi connectivity index (χ3v) is 6.63. The van der Waals surface area contributed by atoms with E-state index in [0.717, 1.165) is 77.5 Å². The Morgan fingerprint density at radius 1 is 1.06 bits per heavy atom. The van der Waals surface area contributed by atoms with Crippen LogP contribution in [0.3, 0.4) is 0 Å². The van der Waals surface area contributed by atoms with Crippen molar-refractivity contribution in [3.05, 3.63) is 70.5 Å². The van der Waals surface area contributed by atoms with E-state index < -0.39 is 0 Å². The molecule has 1 aromatic heterocycles. The quantitative estimate of drug-likeness (QED) is 0.469. The average molecular weight is 447 g/mol. The molecule has 2 heterocycles. The van der Waals surface area contributed by atoms with Crippen LogP contribution in [0.2, 0.25) is 0 Å². The number of amides is 1. The summed E-state index contributed by atoms with van der Waals surface area (Å²) in [5.74, 6) is 1.78. The van der Waals surface area contributed by atoms with E-state index in [-0.39, 0.29) is 5.91 Å². The van der Waals surface area contributed by atoms with Gasteiger partial charge in [-0.2, -0.15) is 0 Å². The normalized spacial score (nSPS) is 15.3. The predicted octanol–water partition coefficient (Wildman–Crippen LogP) is 5.50. The molecule has 0 radical (unpaired) electrons. The van der Waals surface area contributed by atoms with E-state index in [1.165, 1.54) is 5.56 Å². The highest BCUT2D eigenvalue weighted by molar-refractivity contribution is 5.98. The number of hydrogen-bond donors (Lipinski definition) is 0. The molecule has 1 fully saturated rings. The fraction of sp³-hybridized carbons (Fsp3) is 0.393. The lowest BCUT2D eigenvalue weighted by atomic mass is 9.98. The zero-order valence-electron chi connectivity index (χ0n) is 20.4. The third-order valence-electron chi connectivity index (χ3n) is 6.63. The summed E-state index contributed by atoms with van der Waals surface area (Å²) in [6.07, 6.45) is 1.76. The summed E-state index contributed by atoms with van der Waals surface area (Å²) < 4.78 is 12.0. The summed E-state index contributed by atoms with van der Waals surface area (Å²) in [7, 11) is 0. The van der Waals surface area contributed by atoms with Crippen molar-refractivity contribution >= 4 is 22.4 Å². The molecule has 1 amide bonds. The van der Waals surface area contributed by atoms with E-state index in [4.69, 9.17) is 9.15 Å². The number of fused-ring (bicyclic) bond motifs is 1. The first-order chi connectivity index (χ1) is 15.9. The lowest BCUT2D eigenvalue weighted by Crippen LogP contribution is -2.47. The number of benzene rings is 2. The van der Waals surface area contributed by atoms with Crippen LogP contribution in [-0.2, 0) is 11.3 Å². The summed E-state index contributed by atoms with van der Waals surface area (Å²) in [6, 6.07) is 12.6. The second-order valence-corrected chi connectivity index (χ2v) is 8.89. The fourth-order valence-electron chi connectivity index (χ4n) is 4.56. The number of allylic oxidation sites excluding steroid dienone is 1. The van der Waals surface area contributed by atoms with Crippen molar-refractivity contribution in [2.45, 2.75) is 41.2 Å². The standard InChI is InChI=1S/C28H34N2O3/c1-6-32-27-21(4)28-25(20(3)22(5)33-28)17-24(27)19(2)16-26(31)30-14-12-29(13-15-30)18-23-10-8-7-9-11-23/h7-11,16-17H,6,12-15,18H2,1-5H3/b19-16+. The molecule has 3 aromatic rings. The van der Waals surface area contributed by atoms with Gasteiger partial charge in [-0.05, 0) is 57.4 Å². The number of rotatable bonds is 6. The van der Waals surface area contributed by atoms with Crippen molar-refractivity contribution in [1.82, 2.24) is 9.80 Å². The molecule has 0 aliphatic carbocycles. The van der Waals surface area contributed by atoms with Crippen molar-refractivity contribution < 1.29 is 13.9 Å². The Hall–Kier alpha value is -3.05. The molecule has 0 saturated carbocycles. The molecule has 174 valence electrons. The van der Waals surface area contributed by atoms with Gasteiger partial charge in [-0.3, -0.25) is 9.69 Å². The molecule has 0 bridgehead atoms. The van der Waals surface area contributed by atoms with Crippen LogP contribution in [0.25, 0.3) is 16.5 Å². The Morgan fingerprint density at radius 2 is 1.76 bits per heavy atom. The summed E-state index contributed by atoms with van der Waals surface area (Å²) in [5, 5.41) is 1.08. The number of furan rings is 1. The highest BCUT2D eigenvalue weighted by Gasteiger charge is 2.22. The minimum Gasteiger partial charge on any atom is -0.493 e. The van der Waals surface area contributed by atoms with Crippen LogP contribution < -0.4 is 4.74 Å². The van der Waals surface area contributed by atoms with E-state index in [1.54, 1.807) is 6.08 Å². The molecule has 2 aromatic carbocycles. The lowest BCUT2D eigenvalue weighted by Gasteiger charge is -2.34. The Bertz CT molecular complexity index is 1170. The highest BCUT2D eigenvalue weighted by atomic mass is 16.5. The van der Waals surface area contributed by atoms with Gasteiger partial charge in [0.1, 0.15) is 17.1 Å². The molecule has 1 aliphatic heterocycles. The molecular formula is C28H34N2O3. The molecule has 4 rings (SSSR count). The molecule has 5 nitrogen and oxygen atoms in total. The zero-order valence-corrected chi connectivity index (χ0v) is 20.4. The maximum absolute atomic E-state index is 13.1. The highest BCUT2D eigenvalue weighted by Crippen LogP contribution is 2.39. The Morgan fingerprint density at radius 3 is 2.42 bits per heavy atom. The van der Waals surface area contributed by atoms with Gasteiger partial charge in [-0.25, -0.2) is 0 Å². The van der Waals surface area contributed by atoms with Crippen molar-refractivity contribution in [3.8, 4) is 5.75 Å². The van der Waals surface area contributed by atoms with Gasteiger partial charge in [0, 0.05) is 55.3 Å². The Labute approximate surface area is 196 Å². The van der Waals surface area contributed by atoms with Crippen LogP contribution in [0.4, 0.5) is 0 Å². The van der Waals surface area contributed by atoms with Gasteiger partial charge in [-0.15, -0.1) is 0 Å². The molecule has 0 N–H and O–H groups in total. The molecule has 0 unspecified atom stereocenters. The second-order valence-electron chi connectivity index (χ2n) is 8.89. The van der Waals surface area contributed by atoms with Crippen molar-refractivity contribution in [2.24, 2.45) is 0 Å². The number of carbonyl (C=O) groups is 1. The maximum Gasteiger partial charge on any atom is 0.246 e. The van der Waals surface area contributed by atoms with Gasteiger partial charge in [-0.1, -0.05) is 30.3 Å². The monoisotopic (exact) mass is 446 g/mol. The molecule has 0 spiro atoms. The SMILES string of the molecule is CCOc1c(/C(C)=C/C(=O)N2CCN(Cc3ccccc3)CC2)cc2c(C)c(C)oc2c1C. The smallest absolute Gasteiger partial charge is 0.246 e. The first kappa shape index (κ1) is 23.1. The van der Waals surface area contributed by atoms with Crippen molar-refractivity contribution in [2.75, 3.05) is 32.8 Å². The molecule has 1 aliphatic rings. The second kappa shape index (κ2) is 9.84. The number of hydrogen-bond acceptors (Lipinski definition) is 4. The number of piperazine rings is 1. The first-order valence-electron chi connectivity index (χ1n) is 11.8. The van der Waals surface area contributed by atoms with Crippen LogP contribution >= 0.6 is 0 Å². The van der Waals surface area contributed by atoms with Gasteiger partial charge in [0.2, 0.25) is 5.91 Å². The summed E-state index contributed by atoms with van der Waals surface area (Å²) in [6.45, 7) is 14.8. The number of carbonyl (C=O) groups excluding carboxylic acids is 1. The third kappa shape index (κ3) is 4.83. The van der Waals surface area contributed by atoms with E-state index >= 15 is 0 Å². The van der Waals surface area contributed by atoms with Crippen molar-refractivity contribution in [3.63, 3.8) is 0 Å². The van der Waals surface area contributed by atoms with Gasteiger partial charge < -0.3 is 14.1 Å². The molecule has 33 heavy (non-hydrogen) atoms. The van der Waals surface area contributed by atoms with Crippen LogP contribution in [0.1, 0.15) is 41.9 Å². The number of aryl methyl sites for hydroxylation is 3. The minimum absolute atomic E-state index is 0.0622. The summed E-state index contributed by atoms with van der Waals surface area (Å²) >= 11 is 0. The fourth-order valence-corrected chi connectivity index (χ4v) is 4.56. The Balaban J connectivity index is 1.52. The van der Waals surface area contributed by atoms with Crippen molar-refractivity contribution in [1.29, 1.82) is 0 Å². The average Bonchev–Trinajstić information content (AvgIpc) is 3.10. The summed E-state index contributed by atoms with van der Waals surface area (Å²) in [4.78, 5) is 17.5. The van der Waals surface area contributed by atoms with Crippen LogP contribution in [0, 0.1) is 20.8 Å². The zero-order chi connectivity index (χ0) is 23.5. The van der Waals surface area contributed by atoms with Crippen LogP contribution in [-0.4, -0.2) is 48.5 Å². The van der Waals surface area contributed by atoms with Gasteiger partial charge in [0.25, 0.3) is 0 Å². The molecular weight excluding hydrogens is 412 g/mol. The molecule has 0 atom stereocenters. The molecule has 1 saturated heterocycles. The number of nitrogens with zero attached hydrogens (tertiary/aromatic N) is 2. The van der Waals surface area contributed by atoms with E-state index in [9.17, 15) is 4.79 Å². The van der Waals surface area contributed by atoms with Crippen LogP contribution in [0.5, 0.6) is 5.75 Å². The van der Waals surface area contributed by atoms with Gasteiger partial charge in [0.05, 0.1) is 6.61 Å². The van der Waals surface area contributed by atoms with Crippen LogP contribution in [0.15, 0.2) is 46.9 Å². The summed E-state index contributed by atoms with van der Waals surface area (Å²) in [5.41, 5.74) is 6.17. The van der Waals surface area contributed by atoms with Gasteiger partial charge >= 0.3 is 0 Å². The lowest BCUT2D eigenvalue weighted by molar-refractivity contribution is -0.127. The first-order valence-corrected chi connectivity index (χ1v) is 11.8. The Kier molecular flexibility index (Phi) is 6.89. The topological polar surface area (TPSA) is 45.9 Å². The predicted molar refractivity (Wildman–Crippen MR) is 134 cm³/mol. The van der Waals surface area contributed by atoms with Gasteiger partial charge in [0.15, 0.2) is 0 Å². The van der Waals surface area contributed by atoms with E-state index in [0.29, 0.717) is 6.61 Å². The van der Waals surface area contributed by atoms with E-state index in [2.05, 4.69) is 42.2 Å².